The second-order valence-corrected chi connectivity index (χ2v) is 6.25. The van der Waals surface area contributed by atoms with E-state index in [2.05, 4.69) is 11.3 Å². The quantitative estimate of drug-likeness (QED) is 0.143. The second-order valence-electron chi connectivity index (χ2n) is 4.78. The maximum atomic E-state index is 11.3. The van der Waals surface area contributed by atoms with Crippen molar-refractivity contribution in [1.29, 1.82) is 0 Å². The molecule has 0 aromatic heterocycles. The minimum atomic E-state index is -3.67. The second kappa shape index (κ2) is 8.67. The molecule has 0 saturated heterocycles. The molecule has 0 aliphatic rings. The fourth-order valence-corrected chi connectivity index (χ4v) is 0.641. The first-order valence-corrected chi connectivity index (χ1v) is 7.38. The van der Waals surface area contributed by atoms with Crippen LogP contribution in [0.15, 0.2) is 12.2 Å². The summed E-state index contributed by atoms with van der Waals surface area (Å²) in [5, 5.41) is 0. The molecular formula is C11H22NO7S+. The van der Waals surface area contributed by atoms with Gasteiger partial charge in [-0.2, -0.15) is 8.42 Å². The third kappa shape index (κ3) is 16.6. The fourth-order valence-electron chi connectivity index (χ4n) is 0.641. The zero-order valence-corrected chi connectivity index (χ0v) is 13.2. The molecule has 0 unspecified atom stereocenters. The van der Waals surface area contributed by atoms with E-state index in [0.717, 1.165) is 0 Å². The highest BCUT2D eigenvalue weighted by Gasteiger charge is 2.20. The van der Waals surface area contributed by atoms with Crippen molar-refractivity contribution in [2.45, 2.75) is 6.92 Å². The van der Waals surface area contributed by atoms with Crippen LogP contribution in [0.2, 0.25) is 0 Å². The van der Waals surface area contributed by atoms with Crippen molar-refractivity contribution < 1.29 is 36.5 Å². The molecule has 0 amide bonds. The van der Waals surface area contributed by atoms with Crippen molar-refractivity contribution in [1.82, 2.24) is 0 Å². The smallest absolute Gasteiger partial charge is 0.349 e. The molecule has 0 spiro atoms. The molecule has 0 aromatic carbocycles. The predicted molar refractivity (Wildman–Crippen MR) is 72.2 cm³/mol. The van der Waals surface area contributed by atoms with Gasteiger partial charge in [0.25, 0.3) is 10.1 Å². The van der Waals surface area contributed by atoms with E-state index in [1.165, 1.54) is 0 Å². The molecule has 0 fully saturated rings. The lowest BCUT2D eigenvalue weighted by molar-refractivity contribution is -0.888. The van der Waals surface area contributed by atoms with Gasteiger partial charge in [-0.3, -0.25) is 9.04 Å². The van der Waals surface area contributed by atoms with Crippen LogP contribution in [0.1, 0.15) is 6.92 Å². The zero-order chi connectivity index (χ0) is 16.6. The summed E-state index contributed by atoms with van der Waals surface area (Å²) in [6.07, 6.45) is 0.715. The van der Waals surface area contributed by atoms with E-state index in [0.29, 0.717) is 10.7 Å². The maximum Gasteiger partial charge on any atom is 0.349 e. The van der Waals surface area contributed by atoms with Gasteiger partial charge < -0.3 is 9.47 Å². The Morgan fingerprint density at radius 1 is 1.15 bits per heavy atom. The number of rotatable bonds is 5. The average Bonchev–Trinajstić information content (AvgIpc) is 2.21. The summed E-state index contributed by atoms with van der Waals surface area (Å²) >= 11 is 0. The molecule has 0 radical (unpaired) electrons. The molecule has 0 heterocycles. The predicted octanol–water partition coefficient (Wildman–Crippen LogP) is -0.183. The third-order valence-electron chi connectivity index (χ3n) is 1.35. The van der Waals surface area contributed by atoms with E-state index < -0.39 is 22.1 Å². The van der Waals surface area contributed by atoms with Gasteiger partial charge in [0.2, 0.25) is 6.73 Å². The molecular weight excluding hydrogens is 290 g/mol. The standard InChI is InChI=1S/C10H18NO4.CH4O3S/c1-6-14-9(12)8(2)10(13)15-7-11(3,4)5;1-5(2,3)4/h2,6-7H2,1,3-5H3;1H3,(H,2,3,4)/q+1;. The molecule has 20 heavy (non-hydrogen) atoms. The van der Waals surface area contributed by atoms with Gasteiger partial charge in [0.05, 0.1) is 34.0 Å². The van der Waals surface area contributed by atoms with Crippen LogP contribution in [0.3, 0.4) is 0 Å². The SMILES string of the molecule is C=C(C(=O)OCC)C(=O)OC[N+](C)(C)C.CS(=O)(=O)O. The molecule has 1 N–H and O–H groups in total. The van der Waals surface area contributed by atoms with Gasteiger partial charge in [0.15, 0.2) is 0 Å². The minimum Gasteiger partial charge on any atom is -0.462 e. The van der Waals surface area contributed by atoms with E-state index >= 15 is 0 Å². The summed E-state index contributed by atoms with van der Waals surface area (Å²) in [5.41, 5.74) is -0.273. The molecule has 0 bridgehead atoms. The Hall–Kier alpha value is -1.45. The summed E-state index contributed by atoms with van der Waals surface area (Å²) < 4.78 is 35.8. The fraction of sp³-hybridized carbons (Fsp3) is 0.636. The summed E-state index contributed by atoms with van der Waals surface area (Å²) in [6.45, 7) is 5.36. The van der Waals surface area contributed by atoms with Gasteiger partial charge in [-0.15, -0.1) is 0 Å². The molecule has 0 atom stereocenters. The first kappa shape index (κ1) is 20.9. The number of quaternary nitrogens is 1. The molecule has 9 heteroatoms. The van der Waals surface area contributed by atoms with Crippen LogP contribution in [0.5, 0.6) is 0 Å². The number of hydrogen-bond acceptors (Lipinski definition) is 6. The largest absolute Gasteiger partial charge is 0.462 e. The van der Waals surface area contributed by atoms with Gasteiger partial charge >= 0.3 is 11.9 Å². The zero-order valence-electron chi connectivity index (χ0n) is 12.4. The van der Waals surface area contributed by atoms with E-state index in [-0.39, 0.29) is 18.9 Å². The molecule has 0 aromatic rings. The van der Waals surface area contributed by atoms with Crippen LogP contribution in [-0.2, 0) is 29.2 Å². The highest BCUT2D eigenvalue weighted by molar-refractivity contribution is 7.85. The summed E-state index contributed by atoms with van der Waals surface area (Å²) in [4.78, 5) is 22.4. The monoisotopic (exact) mass is 312 g/mol. The lowest BCUT2D eigenvalue weighted by atomic mass is 10.3. The molecule has 0 rings (SSSR count). The normalized spacial score (nSPS) is 10.9. The van der Waals surface area contributed by atoms with Crippen molar-refractivity contribution in [3.05, 3.63) is 12.2 Å². The number of ether oxygens (including phenoxy) is 2. The Balaban J connectivity index is 0. The van der Waals surface area contributed by atoms with Crippen molar-refractivity contribution in [2.75, 3.05) is 40.7 Å². The number of hydrogen-bond donors (Lipinski definition) is 1. The first-order chi connectivity index (χ1) is 8.78. The Bertz CT molecular complexity index is 440. The number of carbonyl (C=O) groups excluding carboxylic acids is 2. The van der Waals surface area contributed by atoms with Crippen LogP contribution in [-0.4, -0.2) is 70.1 Å². The van der Waals surface area contributed by atoms with E-state index in [1.807, 2.05) is 21.1 Å². The molecule has 118 valence electrons. The lowest BCUT2D eigenvalue weighted by Crippen LogP contribution is -2.38. The van der Waals surface area contributed by atoms with Crippen molar-refractivity contribution in [2.24, 2.45) is 0 Å². The number of nitrogens with zero attached hydrogens (tertiary/aromatic N) is 1. The van der Waals surface area contributed by atoms with Gasteiger partial charge in [0, 0.05) is 0 Å². The van der Waals surface area contributed by atoms with E-state index in [4.69, 9.17) is 9.29 Å². The molecule has 0 aliphatic carbocycles. The highest BCUT2D eigenvalue weighted by Crippen LogP contribution is 2.00. The Morgan fingerprint density at radius 3 is 1.80 bits per heavy atom. The summed E-state index contributed by atoms with van der Waals surface area (Å²) in [5.74, 6) is -1.47. The van der Waals surface area contributed by atoms with Gasteiger partial charge in [-0.1, -0.05) is 6.58 Å². The Kier molecular flexibility index (Phi) is 9.04. The van der Waals surface area contributed by atoms with E-state index in [9.17, 15) is 18.0 Å². The average molecular weight is 312 g/mol. The van der Waals surface area contributed by atoms with Crippen LogP contribution >= 0.6 is 0 Å². The molecule has 0 aliphatic heterocycles. The Morgan fingerprint density at radius 2 is 1.50 bits per heavy atom. The van der Waals surface area contributed by atoms with Gasteiger partial charge in [0.1, 0.15) is 5.57 Å². The van der Waals surface area contributed by atoms with Crippen molar-refractivity contribution in [3.63, 3.8) is 0 Å². The minimum absolute atomic E-state index is 0.178. The van der Waals surface area contributed by atoms with Crippen LogP contribution in [0.25, 0.3) is 0 Å². The van der Waals surface area contributed by atoms with Gasteiger partial charge in [-0.25, -0.2) is 9.59 Å². The summed E-state index contributed by atoms with van der Waals surface area (Å²) in [7, 11) is 1.92. The van der Waals surface area contributed by atoms with E-state index in [1.54, 1.807) is 6.92 Å². The lowest BCUT2D eigenvalue weighted by Gasteiger charge is -2.22. The highest BCUT2D eigenvalue weighted by atomic mass is 32.2. The number of esters is 2. The maximum absolute atomic E-state index is 11.3. The molecule has 8 nitrogen and oxygen atoms in total. The van der Waals surface area contributed by atoms with Gasteiger partial charge in [-0.05, 0) is 6.92 Å². The Labute approximate surface area is 119 Å². The van der Waals surface area contributed by atoms with Crippen LogP contribution in [0.4, 0.5) is 0 Å². The first-order valence-electron chi connectivity index (χ1n) is 5.54. The van der Waals surface area contributed by atoms with Crippen LogP contribution < -0.4 is 0 Å². The summed E-state index contributed by atoms with van der Waals surface area (Å²) in [6, 6.07) is 0. The topological polar surface area (TPSA) is 107 Å². The number of carbonyl (C=O) groups is 2. The van der Waals surface area contributed by atoms with Crippen molar-refractivity contribution >= 4 is 22.1 Å². The molecule has 0 saturated carbocycles. The van der Waals surface area contributed by atoms with Crippen LogP contribution in [0, 0.1) is 0 Å². The van der Waals surface area contributed by atoms with Crippen molar-refractivity contribution in [3.8, 4) is 0 Å². The third-order valence-corrected chi connectivity index (χ3v) is 1.35.